The fourth-order valence-electron chi connectivity index (χ4n) is 1.07. The minimum absolute atomic E-state index is 0.345. The van der Waals surface area contributed by atoms with E-state index < -0.39 is 0 Å². The van der Waals surface area contributed by atoms with Crippen LogP contribution in [0.3, 0.4) is 0 Å². The van der Waals surface area contributed by atoms with Gasteiger partial charge in [-0.25, -0.2) is 0 Å². The molecular weight excluding hydrogens is 139 g/mol. The largest absolute Gasteiger partial charge is 0.442 e. The maximum Gasteiger partial charge on any atom is 0.274 e. The van der Waals surface area contributed by atoms with E-state index in [2.05, 4.69) is 0 Å². The van der Waals surface area contributed by atoms with Gasteiger partial charge < -0.3 is 9.76 Å². The quantitative estimate of drug-likeness (QED) is 0.426. The lowest BCUT2D eigenvalue weighted by atomic mass is 9.91. The molecule has 0 aliphatic heterocycles. The summed E-state index contributed by atoms with van der Waals surface area (Å²) in [6.07, 6.45) is 7.11. The molecule has 0 unspecified atom stereocenters. The van der Waals surface area contributed by atoms with Gasteiger partial charge in [-0.2, -0.15) is 0 Å². The van der Waals surface area contributed by atoms with Crippen LogP contribution in [0.1, 0.15) is 32.1 Å². The lowest BCUT2D eigenvalue weighted by Gasteiger charge is -1.98. The van der Waals surface area contributed by atoms with Gasteiger partial charge in [-0.15, -0.1) is 0 Å². The predicted molar refractivity (Wildman–Crippen MR) is 49.1 cm³/mol. The Labute approximate surface area is 70.2 Å². The van der Waals surface area contributed by atoms with E-state index in [1.165, 1.54) is 32.0 Å². The van der Waals surface area contributed by atoms with Crippen LogP contribution in [-0.4, -0.2) is 26.3 Å². The molecule has 0 heterocycles. The van der Waals surface area contributed by atoms with Crippen molar-refractivity contribution < 1.29 is 9.76 Å². The summed E-state index contributed by atoms with van der Waals surface area (Å²) in [6, 6.07) is 0. The summed E-state index contributed by atoms with van der Waals surface area (Å²) in [4.78, 5) is 0. The molecule has 0 rings (SSSR count). The summed E-state index contributed by atoms with van der Waals surface area (Å²) < 4.78 is 4.93. The van der Waals surface area contributed by atoms with E-state index in [0.717, 1.165) is 13.9 Å². The Balaban J connectivity index is 2.69. The van der Waals surface area contributed by atoms with E-state index >= 15 is 0 Å². The second-order valence-electron chi connectivity index (χ2n) is 2.84. The van der Waals surface area contributed by atoms with Crippen LogP contribution >= 0.6 is 0 Å². The average Bonchev–Trinajstić information content (AvgIpc) is 2.03. The van der Waals surface area contributed by atoms with Crippen molar-refractivity contribution in [1.82, 2.24) is 0 Å². The summed E-state index contributed by atoms with van der Waals surface area (Å²) in [5.41, 5.74) is 0. The van der Waals surface area contributed by atoms with Gasteiger partial charge in [0.1, 0.15) is 0 Å². The highest BCUT2D eigenvalue weighted by atomic mass is 16.4. The Bertz CT molecular complexity index is 61.1. The standard InChI is InChI=1S/C8H19BO2/c1-11-9-7-5-3-2-4-6-8-10/h9-10H,2-8H2,1H3. The molecule has 1 N–H and O–H groups in total. The number of unbranched alkanes of at least 4 members (excludes halogenated alkanes) is 4. The summed E-state index contributed by atoms with van der Waals surface area (Å²) in [7, 11) is 2.63. The van der Waals surface area contributed by atoms with Gasteiger partial charge in [0.2, 0.25) is 0 Å². The SMILES string of the molecule is COBCCCCCCCO. The Morgan fingerprint density at radius 3 is 2.36 bits per heavy atom. The molecule has 0 aliphatic carbocycles. The molecule has 0 aromatic carbocycles. The molecular formula is C8H19BO2. The summed E-state index contributed by atoms with van der Waals surface area (Å²) in [5, 5.41) is 8.49. The zero-order valence-electron chi connectivity index (χ0n) is 7.51. The molecule has 0 saturated carbocycles. The first-order valence-corrected chi connectivity index (χ1v) is 4.51. The lowest BCUT2D eigenvalue weighted by Crippen LogP contribution is -1.92. The van der Waals surface area contributed by atoms with Crippen molar-refractivity contribution in [2.24, 2.45) is 0 Å². The molecule has 66 valence electrons. The van der Waals surface area contributed by atoms with Gasteiger partial charge >= 0.3 is 0 Å². The first-order valence-electron chi connectivity index (χ1n) is 4.51. The second-order valence-corrected chi connectivity index (χ2v) is 2.84. The monoisotopic (exact) mass is 158 g/mol. The minimum Gasteiger partial charge on any atom is -0.442 e. The molecule has 11 heavy (non-hydrogen) atoms. The molecule has 0 radical (unpaired) electrons. The molecule has 0 fully saturated rings. The average molecular weight is 158 g/mol. The van der Waals surface area contributed by atoms with Crippen LogP contribution in [0.15, 0.2) is 0 Å². The normalized spacial score (nSPS) is 10.0. The van der Waals surface area contributed by atoms with Gasteiger partial charge in [0.15, 0.2) is 0 Å². The fourth-order valence-corrected chi connectivity index (χ4v) is 1.07. The number of rotatable bonds is 8. The lowest BCUT2D eigenvalue weighted by molar-refractivity contribution is 0.282. The van der Waals surface area contributed by atoms with Gasteiger partial charge in [0, 0.05) is 13.7 Å². The summed E-state index contributed by atoms with van der Waals surface area (Å²) in [6.45, 7) is 0.345. The third-order valence-electron chi connectivity index (χ3n) is 1.76. The Morgan fingerprint density at radius 1 is 1.09 bits per heavy atom. The van der Waals surface area contributed by atoms with Gasteiger partial charge in [0.25, 0.3) is 7.48 Å². The Morgan fingerprint density at radius 2 is 1.73 bits per heavy atom. The highest BCUT2D eigenvalue weighted by Gasteiger charge is 1.91. The van der Waals surface area contributed by atoms with Crippen LogP contribution in [0, 0.1) is 0 Å². The van der Waals surface area contributed by atoms with Crippen LogP contribution in [0.2, 0.25) is 6.32 Å². The number of hydrogen-bond donors (Lipinski definition) is 1. The van der Waals surface area contributed by atoms with Crippen molar-refractivity contribution in [2.75, 3.05) is 13.7 Å². The molecule has 0 aliphatic rings. The first kappa shape index (κ1) is 11.0. The highest BCUT2D eigenvalue weighted by Crippen LogP contribution is 2.04. The van der Waals surface area contributed by atoms with Crippen LogP contribution in [0.25, 0.3) is 0 Å². The van der Waals surface area contributed by atoms with Crippen LogP contribution in [0.4, 0.5) is 0 Å². The van der Waals surface area contributed by atoms with E-state index in [-0.39, 0.29) is 0 Å². The molecule has 0 atom stereocenters. The van der Waals surface area contributed by atoms with E-state index in [9.17, 15) is 0 Å². The predicted octanol–water partition coefficient (Wildman–Crippen LogP) is 1.35. The molecule has 0 aromatic heterocycles. The smallest absolute Gasteiger partial charge is 0.274 e. The highest BCUT2D eigenvalue weighted by molar-refractivity contribution is 6.26. The van der Waals surface area contributed by atoms with Crippen LogP contribution in [0.5, 0.6) is 0 Å². The maximum atomic E-state index is 8.49. The van der Waals surface area contributed by atoms with Gasteiger partial charge in [-0.3, -0.25) is 0 Å². The molecule has 0 aromatic rings. The molecule has 3 heteroatoms. The third kappa shape index (κ3) is 9.98. The summed E-state index contributed by atoms with van der Waals surface area (Å²) in [5.74, 6) is 0. The minimum atomic E-state index is 0.345. The van der Waals surface area contributed by atoms with E-state index in [1.807, 2.05) is 0 Å². The van der Waals surface area contributed by atoms with Crippen molar-refractivity contribution in [2.45, 2.75) is 38.4 Å². The molecule has 0 bridgehead atoms. The van der Waals surface area contributed by atoms with Gasteiger partial charge in [-0.1, -0.05) is 32.0 Å². The van der Waals surface area contributed by atoms with E-state index in [1.54, 1.807) is 7.11 Å². The zero-order valence-corrected chi connectivity index (χ0v) is 7.51. The Hall–Kier alpha value is -0.0151. The number of aliphatic hydroxyl groups excluding tert-OH is 1. The zero-order chi connectivity index (χ0) is 8.36. The van der Waals surface area contributed by atoms with E-state index in [0.29, 0.717) is 6.61 Å². The Kier molecular flexibility index (Phi) is 9.97. The molecule has 0 amide bonds. The molecule has 0 spiro atoms. The van der Waals surface area contributed by atoms with Crippen molar-refractivity contribution >= 4 is 7.48 Å². The van der Waals surface area contributed by atoms with Crippen molar-refractivity contribution in [3.8, 4) is 0 Å². The second kappa shape index (κ2) is 9.98. The summed E-state index contributed by atoms with van der Waals surface area (Å²) >= 11 is 0. The molecule has 0 saturated heterocycles. The fraction of sp³-hybridized carbons (Fsp3) is 1.00. The molecule has 2 nitrogen and oxygen atoms in total. The van der Waals surface area contributed by atoms with Crippen LogP contribution in [-0.2, 0) is 4.65 Å². The van der Waals surface area contributed by atoms with Crippen molar-refractivity contribution in [3.05, 3.63) is 0 Å². The third-order valence-corrected chi connectivity index (χ3v) is 1.76. The van der Waals surface area contributed by atoms with Crippen molar-refractivity contribution in [1.29, 1.82) is 0 Å². The first-order chi connectivity index (χ1) is 5.41. The maximum absolute atomic E-state index is 8.49. The van der Waals surface area contributed by atoms with Gasteiger partial charge in [0.05, 0.1) is 0 Å². The topological polar surface area (TPSA) is 29.5 Å². The van der Waals surface area contributed by atoms with Crippen molar-refractivity contribution in [3.63, 3.8) is 0 Å². The van der Waals surface area contributed by atoms with E-state index in [4.69, 9.17) is 9.76 Å². The number of aliphatic hydroxyl groups is 1. The number of hydrogen-bond acceptors (Lipinski definition) is 2. The van der Waals surface area contributed by atoms with Crippen LogP contribution < -0.4 is 0 Å². The van der Waals surface area contributed by atoms with Gasteiger partial charge in [-0.05, 0) is 6.42 Å².